The van der Waals surface area contributed by atoms with E-state index in [0.717, 1.165) is 24.4 Å². The largest absolute Gasteiger partial charge is 0.453 e. The summed E-state index contributed by atoms with van der Waals surface area (Å²) in [6.07, 6.45) is 14.7. The van der Waals surface area contributed by atoms with E-state index in [4.69, 9.17) is 4.74 Å². The molecule has 29 heavy (non-hydrogen) atoms. The number of rotatable bonds is 7. The molecule has 0 bridgehead atoms. The molecule has 7 nitrogen and oxygen atoms in total. The number of H-pyrrole nitrogens is 1. The van der Waals surface area contributed by atoms with Crippen LogP contribution in [0.3, 0.4) is 0 Å². The van der Waals surface area contributed by atoms with Gasteiger partial charge in [0.25, 0.3) is 0 Å². The van der Waals surface area contributed by atoms with E-state index in [1.54, 1.807) is 13.2 Å². The van der Waals surface area contributed by atoms with Gasteiger partial charge in [0, 0.05) is 13.6 Å². The maximum atomic E-state index is 13.3. The minimum atomic E-state index is -0.575. The summed E-state index contributed by atoms with van der Waals surface area (Å²) in [5, 5.41) is 0. The number of nitrogens with zero attached hydrogens (tertiary/aromatic N) is 3. The lowest BCUT2D eigenvalue weighted by atomic mass is 10.0. The van der Waals surface area contributed by atoms with E-state index in [-0.39, 0.29) is 17.9 Å². The Labute approximate surface area is 173 Å². The van der Waals surface area contributed by atoms with Gasteiger partial charge in [0.2, 0.25) is 5.91 Å². The van der Waals surface area contributed by atoms with Gasteiger partial charge in [-0.25, -0.2) is 9.78 Å². The molecule has 1 fully saturated rings. The van der Waals surface area contributed by atoms with Gasteiger partial charge in [0.15, 0.2) is 0 Å². The normalized spacial score (nSPS) is 18.4. The molecule has 2 amide bonds. The lowest BCUT2D eigenvalue weighted by Gasteiger charge is -2.34. The summed E-state index contributed by atoms with van der Waals surface area (Å²) in [5.41, 5.74) is 0.886. The first-order chi connectivity index (χ1) is 13.9. The summed E-state index contributed by atoms with van der Waals surface area (Å²) in [5.74, 6) is 0.668. The molecule has 1 N–H and O–H groups in total. The Hall–Kier alpha value is -2.83. The van der Waals surface area contributed by atoms with Crippen molar-refractivity contribution in [3.05, 3.63) is 48.1 Å². The number of hydrogen-bond acceptors (Lipinski definition) is 4. The number of ether oxygens (including phenoxy) is 1. The minimum absolute atomic E-state index is 0.0353. The van der Waals surface area contributed by atoms with E-state index < -0.39 is 12.1 Å². The van der Waals surface area contributed by atoms with Gasteiger partial charge in [0.05, 0.1) is 25.0 Å². The molecule has 2 heterocycles. The van der Waals surface area contributed by atoms with Gasteiger partial charge in [-0.15, -0.1) is 0 Å². The van der Waals surface area contributed by atoms with Crippen molar-refractivity contribution in [3.63, 3.8) is 0 Å². The molecule has 7 heteroatoms. The summed E-state index contributed by atoms with van der Waals surface area (Å²) in [4.78, 5) is 36.3. The first-order valence-electron chi connectivity index (χ1n) is 10.0. The minimum Gasteiger partial charge on any atom is -0.453 e. The van der Waals surface area contributed by atoms with Crippen molar-refractivity contribution in [2.24, 2.45) is 5.92 Å². The Morgan fingerprint density at radius 2 is 2.03 bits per heavy atom. The van der Waals surface area contributed by atoms with Crippen LogP contribution in [0.5, 0.6) is 0 Å². The number of nitrogens with one attached hydrogen (secondary N) is 1. The molecular formula is C22H32N4O3. The van der Waals surface area contributed by atoms with Crippen LogP contribution < -0.4 is 0 Å². The second-order valence-electron chi connectivity index (χ2n) is 7.45. The number of amides is 2. The molecule has 0 unspecified atom stereocenters. The molecule has 0 spiro atoms. The number of hydrogen-bond donors (Lipinski definition) is 1. The van der Waals surface area contributed by atoms with Crippen molar-refractivity contribution < 1.29 is 14.3 Å². The lowest BCUT2D eigenvalue weighted by molar-refractivity contribution is -0.138. The number of imidazole rings is 1. The highest BCUT2D eigenvalue weighted by Crippen LogP contribution is 2.32. The zero-order valence-electron chi connectivity index (χ0n) is 18.0. The molecule has 0 aliphatic carbocycles. The second-order valence-corrected chi connectivity index (χ2v) is 7.45. The van der Waals surface area contributed by atoms with Crippen LogP contribution >= 0.6 is 0 Å². The van der Waals surface area contributed by atoms with E-state index in [0.29, 0.717) is 6.54 Å². The van der Waals surface area contributed by atoms with Crippen LogP contribution in [0.1, 0.15) is 51.2 Å². The lowest BCUT2D eigenvalue weighted by Crippen LogP contribution is -2.51. The van der Waals surface area contributed by atoms with Crippen LogP contribution in [-0.2, 0) is 9.53 Å². The zero-order chi connectivity index (χ0) is 21.4. The van der Waals surface area contributed by atoms with Crippen molar-refractivity contribution in [1.29, 1.82) is 0 Å². The van der Waals surface area contributed by atoms with Crippen LogP contribution in [0.2, 0.25) is 0 Å². The molecular weight excluding hydrogens is 368 g/mol. The van der Waals surface area contributed by atoms with Crippen molar-refractivity contribution in [1.82, 2.24) is 19.8 Å². The van der Waals surface area contributed by atoms with Gasteiger partial charge in [-0.1, -0.05) is 44.2 Å². The average molecular weight is 401 g/mol. The van der Waals surface area contributed by atoms with Crippen molar-refractivity contribution in [2.75, 3.05) is 20.7 Å². The van der Waals surface area contributed by atoms with Crippen molar-refractivity contribution in [3.8, 4) is 0 Å². The van der Waals surface area contributed by atoms with Crippen molar-refractivity contribution >= 4 is 18.1 Å². The van der Waals surface area contributed by atoms with Crippen LogP contribution in [0.15, 0.2) is 36.6 Å². The van der Waals surface area contributed by atoms with E-state index in [1.165, 1.54) is 12.0 Å². The van der Waals surface area contributed by atoms with Gasteiger partial charge in [-0.05, 0) is 31.8 Å². The van der Waals surface area contributed by atoms with Crippen LogP contribution in [0.4, 0.5) is 4.79 Å². The molecule has 0 saturated carbocycles. The third-order valence-electron chi connectivity index (χ3n) is 5.03. The molecule has 0 radical (unpaired) electrons. The van der Waals surface area contributed by atoms with Crippen LogP contribution in [0.25, 0.3) is 6.08 Å². The van der Waals surface area contributed by atoms with Crippen LogP contribution in [0, 0.1) is 5.92 Å². The van der Waals surface area contributed by atoms with Crippen molar-refractivity contribution in [2.45, 2.75) is 45.7 Å². The Bertz CT molecular complexity index is 779. The maximum absolute atomic E-state index is 13.3. The van der Waals surface area contributed by atoms with E-state index in [1.807, 2.05) is 62.1 Å². The molecule has 1 saturated heterocycles. The molecule has 2 rings (SSSR count). The molecule has 1 aliphatic rings. The van der Waals surface area contributed by atoms with Gasteiger partial charge in [0.1, 0.15) is 11.9 Å². The number of allylic oxidation sites excluding steroid dienone is 5. The number of carbonyl (C=O) groups is 2. The Balaban J connectivity index is 2.16. The SMILES string of the molecule is C\C=C/C=C\C=C\c1cnc([C@@H]2CCCN2C(=O)[C@H](C(C)C)N(C)C(=O)OC)[nH]1. The zero-order valence-corrected chi connectivity index (χ0v) is 18.0. The second kappa shape index (κ2) is 10.6. The molecule has 2 atom stereocenters. The first-order valence-corrected chi connectivity index (χ1v) is 10.0. The average Bonchev–Trinajstić information content (AvgIpc) is 3.36. The van der Waals surface area contributed by atoms with E-state index in [2.05, 4.69) is 9.97 Å². The van der Waals surface area contributed by atoms with E-state index >= 15 is 0 Å². The number of methoxy groups -OCH3 is 1. The molecule has 1 aromatic rings. The predicted octanol–water partition coefficient (Wildman–Crippen LogP) is 3.94. The summed E-state index contributed by atoms with van der Waals surface area (Å²) >= 11 is 0. The fraction of sp³-hybridized carbons (Fsp3) is 0.500. The standard InChI is InChI=1S/C22H32N4O3/c1-6-7-8-9-10-12-17-15-23-20(24-17)18-13-11-14-26(18)21(27)19(16(2)3)25(4)22(28)29-5/h6-10,12,15-16,18-19H,11,13-14H2,1-5H3,(H,23,24)/b7-6-,9-8-,12-10+/t18-,19-/m0/s1. The van der Waals surface area contributed by atoms with Crippen LogP contribution in [-0.4, -0.2) is 58.5 Å². The molecule has 1 aliphatic heterocycles. The summed E-state index contributed by atoms with van der Waals surface area (Å²) in [6.45, 7) is 6.49. The third kappa shape index (κ3) is 5.59. The smallest absolute Gasteiger partial charge is 0.409 e. The Morgan fingerprint density at radius 1 is 1.31 bits per heavy atom. The Morgan fingerprint density at radius 3 is 2.69 bits per heavy atom. The van der Waals surface area contributed by atoms with Gasteiger partial charge in [-0.2, -0.15) is 0 Å². The fourth-order valence-corrected chi connectivity index (χ4v) is 3.64. The highest BCUT2D eigenvalue weighted by molar-refractivity contribution is 5.86. The summed E-state index contributed by atoms with van der Waals surface area (Å²) in [7, 11) is 2.93. The topological polar surface area (TPSA) is 78.5 Å². The fourth-order valence-electron chi connectivity index (χ4n) is 3.64. The van der Waals surface area contributed by atoms with E-state index in [9.17, 15) is 9.59 Å². The molecule has 0 aromatic carbocycles. The summed E-state index contributed by atoms with van der Waals surface area (Å²) in [6, 6.07) is -0.690. The summed E-state index contributed by atoms with van der Waals surface area (Å²) < 4.78 is 4.81. The quantitative estimate of drug-likeness (QED) is 0.703. The van der Waals surface area contributed by atoms with Gasteiger partial charge < -0.3 is 14.6 Å². The maximum Gasteiger partial charge on any atom is 0.409 e. The highest BCUT2D eigenvalue weighted by atomic mass is 16.5. The van der Waals surface area contributed by atoms with Gasteiger partial charge >= 0.3 is 6.09 Å². The molecule has 158 valence electrons. The Kier molecular flexibility index (Phi) is 8.24. The number of aromatic amines is 1. The predicted molar refractivity (Wildman–Crippen MR) is 114 cm³/mol. The first kappa shape index (κ1) is 22.5. The van der Waals surface area contributed by atoms with Gasteiger partial charge in [-0.3, -0.25) is 9.69 Å². The monoisotopic (exact) mass is 400 g/mol. The molecule has 1 aromatic heterocycles. The highest BCUT2D eigenvalue weighted by Gasteiger charge is 2.39. The number of aromatic nitrogens is 2. The third-order valence-corrected chi connectivity index (χ3v) is 5.03. The number of carbonyl (C=O) groups excluding carboxylic acids is 2. The number of likely N-dealkylation sites (tertiary alicyclic amines) is 1. The number of likely N-dealkylation sites (N-methyl/N-ethyl adjacent to an activating group) is 1.